The smallest absolute Gasteiger partial charge is 0.245 e. The molecule has 1 aliphatic carbocycles. The van der Waals surface area contributed by atoms with Gasteiger partial charge in [0.05, 0.1) is 5.69 Å². The quantitative estimate of drug-likeness (QED) is 0.515. The molecule has 0 bridgehead atoms. The number of rotatable bonds is 3. The summed E-state index contributed by atoms with van der Waals surface area (Å²) in [5.74, 6) is 0.847. The topological polar surface area (TPSA) is 49.3 Å². The van der Waals surface area contributed by atoms with Crippen molar-refractivity contribution in [3.63, 3.8) is 0 Å². The van der Waals surface area contributed by atoms with E-state index in [4.69, 9.17) is 21.6 Å². The number of hydrogen-bond acceptors (Lipinski definition) is 4. The number of amides is 1. The Hall–Kier alpha value is -2.92. The summed E-state index contributed by atoms with van der Waals surface area (Å²) < 4.78 is 0. The number of hydrogen-bond donors (Lipinski definition) is 0. The Balaban J connectivity index is 1.40. The monoisotopic (exact) mass is 458 g/mol. The highest BCUT2D eigenvalue weighted by atomic mass is 35.5. The van der Waals surface area contributed by atoms with Gasteiger partial charge in [0.25, 0.3) is 0 Å². The van der Waals surface area contributed by atoms with Gasteiger partial charge in [-0.1, -0.05) is 48.5 Å². The molecular weight excluding hydrogens is 432 g/mol. The van der Waals surface area contributed by atoms with E-state index < -0.39 is 0 Å². The third-order valence-corrected chi connectivity index (χ3v) is 7.86. The summed E-state index contributed by atoms with van der Waals surface area (Å²) in [6, 6.07) is 12.4. The number of carbonyl (C=O) groups excluding carboxylic acids is 1. The number of nitrogens with zero attached hydrogens (tertiary/aromatic N) is 4. The standard InChI is InChI=1S/C27H27ClN4O/c1-2-23(33)32-16-27(17-32)13-14-31(15-27)26-29-22-12-4-3-9-19(22)25(30-26)20-10-5-7-18-8-6-11-21(28)24(18)20/h2,5-8,10-11H,1,3-4,9,12-17H2. The van der Waals surface area contributed by atoms with Gasteiger partial charge in [-0.3, -0.25) is 4.79 Å². The van der Waals surface area contributed by atoms with Gasteiger partial charge in [0.1, 0.15) is 0 Å². The molecule has 2 aromatic carbocycles. The van der Waals surface area contributed by atoms with Crippen molar-refractivity contribution >= 4 is 34.2 Å². The summed E-state index contributed by atoms with van der Waals surface area (Å²) in [5.41, 5.74) is 4.74. The van der Waals surface area contributed by atoms with Crippen LogP contribution in [-0.2, 0) is 17.6 Å². The molecule has 3 aromatic rings. The minimum atomic E-state index is 0.0271. The first-order chi connectivity index (χ1) is 16.1. The number of likely N-dealkylation sites (tertiary alicyclic amines) is 1. The van der Waals surface area contributed by atoms with Gasteiger partial charge in [0, 0.05) is 58.8 Å². The van der Waals surface area contributed by atoms with E-state index >= 15 is 0 Å². The molecule has 2 saturated heterocycles. The van der Waals surface area contributed by atoms with Crippen LogP contribution in [0.4, 0.5) is 5.95 Å². The zero-order valence-corrected chi connectivity index (χ0v) is 19.4. The average molecular weight is 459 g/mol. The van der Waals surface area contributed by atoms with Crippen molar-refractivity contribution in [1.82, 2.24) is 14.9 Å². The minimum Gasteiger partial charge on any atom is -0.340 e. The summed E-state index contributed by atoms with van der Waals surface area (Å²) in [4.78, 5) is 26.4. The highest BCUT2D eigenvalue weighted by Gasteiger charge is 2.49. The SMILES string of the molecule is C=CC(=O)N1CC2(CCN(c3nc4c(c(-c5cccc6cccc(Cl)c56)n3)CCCC4)C2)C1. The molecule has 0 unspecified atom stereocenters. The Kier molecular flexibility index (Phi) is 4.91. The number of carbonyl (C=O) groups is 1. The van der Waals surface area contributed by atoms with E-state index in [1.165, 1.54) is 30.2 Å². The van der Waals surface area contributed by atoms with Crippen LogP contribution in [0.25, 0.3) is 22.0 Å². The Morgan fingerprint density at radius 1 is 1.06 bits per heavy atom. The van der Waals surface area contributed by atoms with E-state index in [-0.39, 0.29) is 11.3 Å². The van der Waals surface area contributed by atoms with Crippen molar-refractivity contribution in [2.24, 2.45) is 5.41 Å². The zero-order valence-electron chi connectivity index (χ0n) is 18.7. The molecule has 2 aliphatic heterocycles. The lowest BCUT2D eigenvalue weighted by Crippen LogP contribution is -2.59. The van der Waals surface area contributed by atoms with E-state index in [1.807, 2.05) is 17.0 Å². The van der Waals surface area contributed by atoms with Gasteiger partial charge in [-0.15, -0.1) is 0 Å². The van der Waals surface area contributed by atoms with Crippen LogP contribution in [0.15, 0.2) is 49.1 Å². The van der Waals surface area contributed by atoms with Crippen molar-refractivity contribution < 1.29 is 4.79 Å². The second-order valence-electron chi connectivity index (χ2n) is 9.72. The molecule has 33 heavy (non-hydrogen) atoms. The highest BCUT2D eigenvalue weighted by molar-refractivity contribution is 6.36. The maximum atomic E-state index is 11.9. The molecule has 0 saturated carbocycles. The molecule has 0 radical (unpaired) electrons. The summed E-state index contributed by atoms with van der Waals surface area (Å²) in [5, 5.41) is 2.95. The van der Waals surface area contributed by atoms with Gasteiger partial charge >= 0.3 is 0 Å². The lowest BCUT2D eigenvalue weighted by Gasteiger charge is -2.47. The summed E-state index contributed by atoms with van der Waals surface area (Å²) in [6.07, 6.45) is 6.81. The fourth-order valence-electron chi connectivity index (χ4n) is 5.85. The van der Waals surface area contributed by atoms with Crippen molar-refractivity contribution in [3.05, 3.63) is 65.3 Å². The van der Waals surface area contributed by atoms with Crippen molar-refractivity contribution in [2.75, 3.05) is 31.1 Å². The molecule has 3 heterocycles. The van der Waals surface area contributed by atoms with E-state index in [9.17, 15) is 4.79 Å². The van der Waals surface area contributed by atoms with Gasteiger partial charge < -0.3 is 9.80 Å². The van der Waals surface area contributed by atoms with E-state index in [2.05, 4.69) is 35.7 Å². The Morgan fingerprint density at radius 3 is 2.67 bits per heavy atom. The molecule has 168 valence electrons. The molecule has 6 heteroatoms. The average Bonchev–Trinajstić information content (AvgIpc) is 3.28. The number of aromatic nitrogens is 2. The predicted octanol–water partition coefficient (Wildman–Crippen LogP) is 5.05. The van der Waals surface area contributed by atoms with Crippen LogP contribution in [-0.4, -0.2) is 47.0 Å². The third-order valence-electron chi connectivity index (χ3n) is 7.54. The molecular formula is C27H27ClN4O. The second kappa shape index (κ2) is 7.84. The third kappa shape index (κ3) is 3.41. The van der Waals surface area contributed by atoms with Gasteiger partial charge in [-0.2, -0.15) is 0 Å². The fraction of sp³-hybridized carbons (Fsp3) is 0.370. The number of anilines is 1. The molecule has 6 rings (SSSR count). The van der Waals surface area contributed by atoms with Crippen LogP contribution in [0.2, 0.25) is 5.02 Å². The maximum Gasteiger partial charge on any atom is 0.245 e. The minimum absolute atomic E-state index is 0.0271. The van der Waals surface area contributed by atoms with E-state index in [0.29, 0.717) is 0 Å². The first-order valence-corrected chi connectivity index (χ1v) is 12.2. The van der Waals surface area contributed by atoms with Crippen molar-refractivity contribution in [2.45, 2.75) is 32.1 Å². The molecule has 1 aromatic heterocycles. The fourth-order valence-corrected chi connectivity index (χ4v) is 6.13. The Bertz CT molecular complexity index is 1280. The van der Waals surface area contributed by atoms with Gasteiger partial charge in [0.2, 0.25) is 11.9 Å². The van der Waals surface area contributed by atoms with Crippen LogP contribution in [0, 0.1) is 5.41 Å². The predicted molar refractivity (Wildman–Crippen MR) is 133 cm³/mol. The van der Waals surface area contributed by atoms with Crippen LogP contribution in [0.5, 0.6) is 0 Å². The molecule has 1 amide bonds. The highest BCUT2D eigenvalue weighted by Crippen LogP contribution is 2.42. The molecule has 0 N–H and O–H groups in total. The maximum absolute atomic E-state index is 11.9. The first kappa shape index (κ1) is 20.7. The molecule has 2 fully saturated rings. The molecule has 3 aliphatic rings. The summed E-state index contributed by atoms with van der Waals surface area (Å²) in [7, 11) is 0. The lowest BCUT2D eigenvalue weighted by atomic mass is 9.79. The van der Waals surface area contributed by atoms with Crippen LogP contribution < -0.4 is 4.90 Å². The van der Waals surface area contributed by atoms with Gasteiger partial charge in [-0.05, 0) is 49.6 Å². The van der Waals surface area contributed by atoms with E-state index in [0.717, 1.165) is 78.4 Å². The second-order valence-corrected chi connectivity index (χ2v) is 10.1. The Morgan fingerprint density at radius 2 is 1.85 bits per heavy atom. The molecule has 1 spiro atoms. The van der Waals surface area contributed by atoms with Gasteiger partial charge in [0.15, 0.2) is 0 Å². The molecule has 5 nitrogen and oxygen atoms in total. The number of aryl methyl sites for hydroxylation is 1. The van der Waals surface area contributed by atoms with Crippen molar-refractivity contribution in [1.29, 1.82) is 0 Å². The van der Waals surface area contributed by atoms with Crippen LogP contribution in [0.3, 0.4) is 0 Å². The summed E-state index contributed by atoms with van der Waals surface area (Å²) in [6.45, 7) is 7.02. The normalized spacial score (nSPS) is 18.9. The first-order valence-electron chi connectivity index (χ1n) is 11.8. The van der Waals surface area contributed by atoms with E-state index in [1.54, 1.807) is 0 Å². The zero-order chi connectivity index (χ0) is 22.6. The van der Waals surface area contributed by atoms with Crippen molar-refractivity contribution in [3.8, 4) is 11.3 Å². The van der Waals surface area contributed by atoms with Crippen LogP contribution in [0.1, 0.15) is 30.5 Å². The van der Waals surface area contributed by atoms with Gasteiger partial charge in [-0.25, -0.2) is 9.97 Å². The number of benzene rings is 2. The summed E-state index contributed by atoms with van der Waals surface area (Å²) >= 11 is 6.68. The lowest BCUT2D eigenvalue weighted by molar-refractivity contribution is -0.136. The number of halogens is 1. The largest absolute Gasteiger partial charge is 0.340 e. The van der Waals surface area contributed by atoms with Crippen LogP contribution >= 0.6 is 11.6 Å². The molecule has 0 atom stereocenters. The Labute approximate surface area is 199 Å². The number of fused-ring (bicyclic) bond motifs is 2.